The molecule has 8 heteroatoms. The first-order valence-electron chi connectivity index (χ1n) is 12.4. The molecule has 0 aliphatic rings. The number of carbonyl (C=O) groups excluding carboxylic acids is 3. The van der Waals surface area contributed by atoms with Crippen molar-refractivity contribution in [1.82, 2.24) is 14.9 Å². The second kappa shape index (κ2) is 12.9. The van der Waals surface area contributed by atoms with Crippen molar-refractivity contribution in [2.75, 3.05) is 5.32 Å². The van der Waals surface area contributed by atoms with Gasteiger partial charge in [0.2, 0.25) is 5.91 Å². The fourth-order valence-electron chi connectivity index (χ4n) is 4.19. The first kappa shape index (κ1) is 26.2. The molecule has 2 N–H and O–H groups in total. The first-order valence-corrected chi connectivity index (χ1v) is 13.2. The van der Waals surface area contributed by atoms with E-state index in [1.54, 1.807) is 6.92 Å². The average molecular weight is 515 g/mol. The van der Waals surface area contributed by atoms with Crippen LogP contribution in [0, 0.1) is 6.92 Å². The van der Waals surface area contributed by atoms with Gasteiger partial charge >= 0.3 is 0 Å². The third-order valence-electron chi connectivity index (χ3n) is 6.19. The molecular formula is C29H30N4O3S. The maximum Gasteiger partial charge on any atom is 0.265 e. The lowest BCUT2D eigenvalue weighted by molar-refractivity contribution is -0.119. The molecular weight excluding hydrogens is 484 g/mol. The Hall–Kier alpha value is -3.91. The van der Waals surface area contributed by atoms with Crippen molar-refractivity contribution in [2.24, 2.45) is 0 Å². The molecule has 0 radical (unpaired) electrons. The number of fused-ring (bicyclic) bond motifs is 1. The summed E-state index contributed by atoms with van der Waals surface area (Å²) in [5, 5.41) is 11.8. The van der Waals surface area contributed by atoms with Gasteiger partial charge in [0.25, 0.3) is 5.91 Å². The second-order valence-electron chi connectivity index (χ2n) is 9.07. The molecule has 4 rings (SSSR count). The summed E-state index contributed by atoms with van der Waals surface area (Å²) in [5.41, 5.74) is 2.23. The molecule has 0 spiro atoms. The van der Waals surface area contributed by atoms with Crippen LogP contribution in [0.2, 0.25) is 0 Å². The summed E-state index contributed by atoms with van der Waals surface area (Å²) in [6.07, 6.45) is 3.64. The predicted molar refractivity (Wildman–Crippen MR) is 147 cm³/mol. The number of aryl methyl sites for hydroxylation is 1. The van der Waals surface area contributed by atoms with E-state index in [0.29, 0.717) is 41.9 Å². The van der Waals surface area contributed by atoms with Gasteiger partial charge in [0.05, 0.1) is 5.69 Å². The maximum absolute atomic E-state index is 13.2. The molecule has 2 amide bonds. The Morgan fingerprint density at radius 1 is 0.892 bits per heavy atom. The summed E-state index contributed by atoms with van der Waals surface area (Å²) in [6, 6.07) is 22.7. The van der Waals surface area contributed by atoms with Crippen molar-refractivity contribution >= 4 is 45.6 Å². The van der Waals surface area contributed by atoms with E-state index >= 15 is 0 Å². The monoisotopic (exact) mass is 514 g/mol. The minimum absolute atomic E-state index is 0.207. The lowest BCUT2D eigenvalue weighted by Crippen LogP contribution is -2.43. The lowest BCUT2D eigenvalue weighted by Gasteiger charge is -2.18. The molecule has 3 aromatic carbocycles. The number of aromatic nitrogens is 2. The van der Waals surface area contributed by atoms with Gasteiger partial charge in [0.1, 0.15) is 16.7 Å². The highest BCUT2D eigenvalue weighted by Gasteiger charge is 2.23. The lowest BCUT2D eigenvalue weighted by atomic mass is 10.0. The fourth-order valence-corrected chi connectivity index (χ4v) is 4.75. The molecule has 1 aromatic heterocycles. The van der Waals surface area contributed by atoms with E-state index in [1.165, 1.54) is 0 Å². The van der Waals surface area contributed by atoms with E-state index < -0.39 is 6.04 Å². The number of hydrogen-bond acceptors (Lipinski definition) is 6. The third kappa shape index (κ3) is 7.54. The number of ketones is 1. The summed E-state index contributed by atoms with van der Waals surface area (Å²) < 4.78 is 3.82. The van der Waals surface area contributed by atoms with Crippen molar-refractivity contribution in [3.05, 3.63) is 88.9 Å². The van der Waals surface area contributed by atoms with Crippen molar-refractivity contribution in [3.63, 3.8) is 0 Å². The highest BCUT2D eigenvalue weighted by Crippen LogP contribution is 2.20. The first-order chi connectivity index (χ1) is 18.0. The topological polar surface area (TPSA) is 101 Å². The standard InChI is InChI=1S/C29H30N4O3S/c1-20-27(37-33-32-20)29(36)31-26(15-7-3-6-14-25(34)18-21-10-4-2-5-11-21)28(35)30-24-17-16-22-12-8-9-13-23(22)19-24/h2,4-5,8-13,16-17,19,26H,3,6-7,14-15,18H2,1H3,(H,30,35)(H,31,36)/t26-/m0/s1. The molecule has 0 saturated heterocycles. The van der Waals surface area contributed by atoms with Gasteiger partial charge in [-0.3, -0.25) is 14.4 Å². The molecule has 37 heavy (non-hydrogen) atoms. The number of carbonyl (C=O) groups is 3. The van der Waals surface area contributed by atoms with Crippen LogP contribution in [0.4, 0.5) is 5.69 Å². The minimum Gasteiger partial charge on any atom is -0.339 e. The van der Waals surface area contributed by atoms with Crippen molar-refractivity contribution < 1.29 is 14.4 Å². The maximum atomic E-state index is 13.2. The van der Waals surface area contributed by atoms with Crippen LogP contribution in [0.25, 0.3) is 10.8 Å². The number of amides is 2. The molecule has 0 bridgehead atoms. The molecule has 1 atom stereocenters. The van der Waals surface area contributed by atoms with Gasteiger partial charge in [-0.2, -0.15) is 0 Å². The Bertz CT molecular complexity index is 1370. The van der Waals surface area contributed by atoms with Crippen molar-refractivity contribution in [3.8, 4) is 0 Å². The van der Waals surface area contributed by atoms with E-state index in [4.69, 9.17) is 0 Å². The van der Waals surface area contributed by atoms with E-state index in [1.807, 2.05) is 72.8 Å². The number of Topliss-reactive ketones (excluding diaryl/α,β-unsaturated/α-hetero) is 1. The zero-order chi connectivity index (χ0) is 26.0. The minimum atomic E-state index is -0.722. The Labute approximate surface area is 220 Å². The third-order valence-corrected chi connectivity index (χ3v) is 7.02. The molecule has 0 unspecified atom stereocenters. The van der Waals surface area contributed by atoms with Gasteiger partial charge in [-0.25, -0.2) is 0 Å². The van der Waals surface area contributed by atoms with E-state index in [-0.39, 0.29) is 17.6 Å². The van der Waals surface area contributed by atoms with Crippen LogP contribution in [-0.2, 0) is 16.0 Å². The molecule has 190 valence electrons. The number of nitrogens with zero attached hydrogens (tertiary/aromatic N) is 2. The molecule has 0 aliphatic heterocycles. The van der Waals surface area contributed by atoms with E-state index in [2.05, 4.69) is 20.2 Å². The zero-order valence-electron chi connectivity index (χ0n) is 20.8. The second-order valence-corrected chi connectivity index (χ2v) is 9.82. The zero-order valence-corrected chi connectivity index (χ0v) is 21.6. The SMILES string of the molecule is Cc1nnsc1C(=O)N[C@@H](CCCCCC(=O)Cc1ccccc1)C(=O)Nc1ccc2ccccc2c1. The van der Waals surface area contributed by atoms with Gasteiger partial charge < -0.3 is 10.6 Å². The summed E-state index contributed by atoms with van der Waals surface area (Å²) in [6.45, 7) is 1.72. The van der Waals surface area contributed by atoms with Crippen LogP contribution >= 0.6 is 11.5 Å². The van der Waals surface area contributed by atoms with Crippen LogP contribution in [-0.4, -0.2) is 33.2 Å². The molecule has 1 heterocycles. The Morgan fingerprint density at radius 2 is 1.65 bits per heavy atom. The molecule has 0 saturated carbocycles. The van der Waals surface area contributed by atoms with Gasteiger partial charge in [-0.15, -0.1) is 5.10 Å². The van der Waals surface area contributed by atoms with Crippen LogP contribution < -0.4 is 10.6 Å². The van der Waals surface area contributed by atoms with Crippen LogP contribution in [0.15, 0.2) is 72.8 Å². The van der Waals surface area contributed by atoms with Gasteiger partial charge in [0.15, 0.2) is 0 Å². The summed E-state index contributed by atoms with van der Waals surface area (Å²) in [5.74, 6) is -0.429. The number of benzene rings is 3. The van der Waals surface area contributed by atoms with Crippen LogP contribution in [0.5, 0.6) is 0 Å². The summed E-state index contributed by atoms with van der Waals surface area (Å²) in [4.78, 5) is 38.7. The molecule has 0 aliphatic carbocycles. The summed E-state index contributed by atoms with van der Waals surface area (Å²) in [7, 11) is 0. The predicted octanol–water partition coefficient (Wildman–Crippen LogP) is 5.50. The van der Waals surface area contributed by atoms with E-state index in [0.717, 1.165) is 40.7 Å². The highest BCUT2D eigenvalue weighted by atomic mass is 32.1. The molecule has 0 fully saturated rings. The number of rotatable bonds is 12. The molecule has 4 aromatic rings. The average Bonchev–Trinajstić information content (AvgIpc) is 3.34. The van der Waals surface area contributed by atoms with Crippen molar-refractivity contribution in [2.45, 2.75) is 51.5 Å². The normalized spacial score (nSPS) is 11.7. The van der Waals surface area contributed by atoms with Gasteiger partial charge in [-0.05, 0) is 59.8 Å². The smallest absolute Gasteiger partial charge is 0.265 e. The Kier molecular flexibility index (Phi) is 9.10. The summed E-state index contributed by atoms with van der Waals surface area (Å²) >= 11 is 1.01. The largest absolute Gasteiger partial charge is 0.339 e. The Morgan fingerprint density at radius 3 is 2.41 bits per heavy atom. The quantitative estimate of drug-likeness (QED) is 0.243. The van der Waals surface area contributed by atoms with Gasteiger partial charge in [-0.1, -0.05) is 78.0 Å². The fraction of sp³-hybridized carbons (Fsp3) is 0.276. The van der Waals surface area contributed by atoms with Crippen LogP contribution in [0.3, 0.4) is 0 Å². The number of nitrogens with one attached hydrogen (secondary N) is 2. The highest BCUT2D eigenvalue weighted by molar-refractivity contribution is 7.08. The van der Waals surface area contributed by atoms with Crippen LogP contribution in [0.1, 0.15) is 53.0 Å². The molecule has 7 nitrogen and oxygen atoms in total. The van der Waals surface area contributed by atoms with Crippen molar-refractivity contribution in [1.29, 1.82) is 0 Å². The Balaban J connectivity index is 1.33. The number of unbranched alkanes of at least 4 members (excludes halogenated alkanes) is 2. The number of hydrogen-bond donors (Lipinski definition) is 2. The number of anilines is 1. The van der Waals surface area contributed by atoms with Gasteiger partial charge in [0, 0.05) is 18.5 Å². The van der Waals surface area contributed by atoms with E-state index in [9.17, 15) is 14.4 Å².